The second-order valence-electron chi connectivity index (χ2n) is 4.21. The third-order valence-electron chi connectivity index (χ3n) is 2.85. The maximum Gasteiger partial charge on any atom is 0.267 e. The van der Waals surface area contributed by atoms with Crippen LogP contribution in [0.2, 0.25) is 0 Å². The monoisotopic (exact) mass is 207 g/mol. The maximum atomic E-state index is 11.7. The summed E-state index contributed by atoms with van der Waals surface area (Å²) in [4.78, 5) is 14.5. The Morgan fingerprint density at radius 2 is 2.53 bits per heavy atom. The van der Waals surface area contributed by atoms with Crippen molar-refractivity contribution < 1.29 is 4.79 Å². The van der Waals surface area contributed by atoms with Gasteiger partial charge in [0.05, 0.1) is 0 Å². The Morgan fingerprint density at radius 3 is 3.13 bits per heavy atom. The molecule has 1 heterocycles. The van der Waals surface area contributed by atoms with E-state index in [1.165, 1.54) is 12.8 Å². The number of aromatic nitrogens is 1. The van der Waals surface area contributed by atoms with Crippen LogP contribution in [0, 0.1) is 5.92 Å². The summed E-state index contributed by atoms with van der Waals surface area (Å²) in [6.45, 7) is 2.17. The van der Waals surface area contributed by atoms with Crippen molar-refractivity contribution in [3.63, 3.8) is 0 Å². The normalized spacial score (nSPS) is 23.8. The van der Waals surface area contributed by atoms with Gasteiger partial charge >= 0.3 is 0 Å². The standard InChI is InChI=1S/C11H17N3O/c1-2-3-7-4-9(7)14-11(15)10-5-8(12)6-13-10/h5-7,9,13H,2-4,12H2,1H3,(H,14,15). The van der Waals surface area contributed by atoms with Crippen LogP contribution in [0.1, 0.15) is 36.7 Å². The van der Waals surface area contributed by atoms with E-state index in [-0.39, 0.29) is 5.91 Å². The highest BCUT2D eigenvalue weighted by Crippen LogP contribution is 2.34. The number of anilines is 1. The molecule has 2 atom stereocenters. The molecule has 2 unspecified atom stereocenters. The Labute approximate surface area is 89.2 Å². The lowest BCUT2D eigenvalue weighted by Gasteiger charge is -2.01. The van der Waals surface area contributed by atoms with Crippen LogP contribution in [0.3, 0.4) is 0 Å². The number of H-pyrrole nitrogens is 1. The van der Waals surface area contributed by atoms with Crippen molar-refractivity contribution >= 4 is 11.6 Å². The first-order chi connectivity index (χ1) is 7.20. The van der Waals surface area contributed by atoms with Gasteiger partial charge in [-0.15, -0.1) is 0 Å². The zero-order valence-corrected chi connectivity index (χ0v) is 8.92. The van der Waals surface area contributed by atoms with Crippen molar-refractivity contribution in [1.82, 2.24) is 10.3 Å². The number of aromatic amines is 1. The van der Waals surface area contributed by atoms with Crippen LogP contribution in [0.25, 0.3) is 0 Å². The molecule has 2 rings (SSSR count). The lowest BCUT2D eigenvalue weighted by Crippen LogP contribution is -2.27. The Morgan fingerprint density at radius 1 is 1.73 bits per heavy atom. The number of nitrogens with two attached hydrogens (primary N) is 1. The molecule has 0 saturated heterocycles. The fourth-order valence-electron chi connectivity index (χ4n) is 1.90. The van der Waals surface area contributed by atoms with Crippen molar-refractivity contribution in [2.24, 2.45) is 5.92 Å². The molecule has 1 aliphatic carbocycles. The van der Waals surface area contributed by atoms with Crippen LogP contribution < -0.4 is 11.1 Å². The fraction of sp³-hybridized carbons (Fsp3) is 0.545. The molecule has 4 nitrogen and oxygen atoms in total. The maximum absolute atomic E-state index is 11.7. The summed E-state index contributed by atoms with van der Waals surface area (Å²) in [5.41, 5.74) is 6.68. The number of hydrogen-bond donors (Lipinski definition) is 3. The van der Waals surface area contributed by atoms with Gasteiger partial charge in [0.15, 0.2) is 0 Å². The molecule has 15 heavy (non-hydrogen) atoms. The smallest absolute Gasteiger partial charge is 0.267 e. The summed E-state index contributed by atoms with van der Waals surface area (Å²) < 4.78 is 0. The number of nitrogens with one attached hydrogen (secondary N) is 2. The van der Waals surface area contributed by atoms with Crippen LogP contribution >= 0.6 is 0 Å². The molecule has 4 N–H and O–H groups in total. The van der Waals surface area contributed by atoms with E-state index in [0.29, 0.717) is 23.3 Å². The number of hydrogen-bond acceptors (Lipinski definition) is 2. The molecule has 82 valence electrons. The van der Waals surface area contributed by atoms with E-state index in [4.69, 9.17) is 5.73 Å². The van der Waals surface area contributed by atoms with Crippen molar-refractivity contribution in [2.45, 2.75) is 32.2 Å². The summed E-state index contributed by atoms with van der Waals surface area (Å²) in [7, 11) is 0. The molecule has 1 saturated carbocycles. The Balaban J connectivity index is 1.84. The summed E-state index contributed by atoms with van der Waals surface area (Å²) in [5.74, 6) is 0.640. The topological polar surface area (TPSA) is 70.9 Å². The van der Waals surface area contributed by atoms with Crippen molar-refractivity contribution in [2.75, 3.05) is 5.73 Å². The summed E-state index contributed by atoms with van der Waals surface area (Å²) in [5, 5.41) is 2.99. The van der Waals surface area contributed by atoms with Crippen LogP contribution in [0.4, 0.5) is 5.69 Å². The lowest BCUT2D eigenvalue weighted by molar-refractivity contribution is 0.0944. The number of carbonyl (C=O) groups is 1. The van der Waals surface area contributed by atoms with Crippen LogP contribution in [0.5, 0.6) is 0 Å². The predicted molar refractivity (Wildman–Crippen MR) is 59.5 cm³/mol. The molecule has 4 heteroatoms. The molecule has 1 fully saturated rings. The third kappa shape index (κ3) is 2.32. The van der Waals surface area contributed by atoms with E-state index < -0.39 is 0 Å². The average Bonchev–Trinajstić information content (AvgIpc) is 2.76. The minimum absolute atomic E-state index is 0.0460. The molecule has 1 aromatic rings. The van der Waals surface area contributed by atoms with Gasteiger partial charge in [0.2, 0.25) is 0 Å². The first-order valence-electron chi connectivity index (χ1n) is 5.45. The highest BCUT2D eigenvalue weighted by Gasteiger charge is 2.37. The highest BCUT2D eigenvalue weighted by atomic mass is 16.2. The van der Waals surface area contributed by atoms with Gasteiger partial charge in [0.25, 0.3) is 5.91 Å². The second kappa shape index (κ2) is 3.96. The number of amides is 1. The minimum Gasteiger partial charge on any atom is -0.397 e. The molecule has 1 amide bonds. The van der Waals surface area contributed by atoms with Gasteiger partial charge in [-0.3, -0.25) is 4.79 Å². The van der Waals surface area contributed by atoms with Crippen molar-refractivity contribution in [3.8, 4) is 0 Å². The van der Waals surface area contributed by atoms with E-state index in [1.807, 2.05) is 0 Å². The van der Waals surface area contributed by atoms with Gasteiger partial charge < -0.3 is 16.0 Å². The summed E-state index contributed by atoms with van der Waals surface area (Å²) in [6, 6.07) is 2.04. The molecule has 1 aliphatic rings. The quantitative estimate of drug-likeness (QED) is 0.700. The molecule has 0 radical (unpaired) electrons. The Kier molecular flexibility index (Phi) is 2.66. The average molecular weight is 207 g/mol. The van der Waals surface area contributed by atoms with Gasteiger partial charge in [-0.25, -0.2) is 0 Å². The SMILES string of the molecule is CCCC1CC1NC(=O)c1cc(N)c[nH]1. The number of nitrogen functional groups attached to an aromatic ring is 1. The van der Waals surface area contributed by atoms with Crippen LogP contribution in [-0.2, 0) is 0 Å². The number of carbonyl (C=O) groups excluding carboxylic acids is 1. The van der Waals surface area contributed by atoms with Gasteiger partial charge in [-0.1, -0.05) is 13.3 Å². The third-order valence-corrected chi connectivity index (χ3v) is 2.85. The van der Waals surface area contributed by atoms with Crippen LogP contribution in [-0.4, -0.2) is 16.9 Å². The van der Waals surface area contributed by atoms with E-state index in [0.717, 1.165) is 6.42 Å². The van der Waals surface area contributed by atoms with E-state index in [9.17, 15) is 4.79 Å². The predicted octanol–water partition coefficient (Wildman–Crippen LogP) is 1.52. The Hall–Kier alpha value is -1.45. The fourth-order valence-corrected chi connectivity index (χ4v) is 1.90. The Bertz CT molecular complexity index is 358. The molecule has 1 aromatic heterocycles. The summed E-state index contributed by atoms with van der Waals surface area (Å²) >= 11 is 0. The highest BCUT2D eigenvalue weighted by molar-refractivity contribution is 5.93. The van der Waals surface area contributed by atoms with Gasteiger partial charge in [-0.05, 0) is 24.8 Å². The molecule has 0 bridgehead atoms. The molecule has 0 spiro atoms. The first kappa shape index (κ1) is 10.1. The first-order valence-corrected chi connectivity index (χ1v) is 5.45. The molecule has 0 aliphatic heterocycles. The molecule has 0 aromatic carbocycles. The molecular weight excluding hydrogens is 190 g/mol. The van der Waals surface area contributed by atoms with Crippen molar-refractivity contribution in [1.29, 1.82) is 0 Å². The zero-order chi connectivity index (χ0) is 10.8. The van der Waals surface area contributed by atoms with E-state index in [1.54, 1.807) is 12.3 Å². The largest absolute Gasteiger partial charge is 0.397 e. The van der Waals surface area contributed by atoms with Gasteiger partial charge in [-0.2, -0.15) is 0 Å². The summed E-state index contributed by atoms with van der Waals surface area (Å²) in [6.07, 6.45) is 5.14. The number of rotatable bonds is 4. The zero-order valence-electron chi connectivity index (χ0n) is 8.92. The lowest BCUT2D eigenvalue weighted by atomic mass is 10.2. The van der Waals surface area contributed by atoms with Gasteiger partial charge in [0, 0.05) is 17.9 Å². The van der Waals surface area contributed by atoms with E-state index >= 15 is 0 Å². The van der Waals surface area contributed by atoms with Gasteiger partial charge in [0.1, 0.15) is 5.69 Å². The van der Waals surface area contributed by atoms with Crippen LogP contribution in [0.15, 0.2) is 12.3 Å². The van der Waals surface area contributed by atoms with E-state index in [2.05, 4.69) is 17.2 Å². The second-order valence-corrected chi connectivity index (χ2v) is 4.21. The van der Waals surface area contributed by atoms with Crippen molar-refractivity contribution in [3.05, 3.63) is 18.0 Å². The minimum atomic E-state index is -0.0460. The molecular formula is C11H17N3O.